The number of aromatic hydroxyl groups is 1. The summed E-state index contributed by atoms with van der Waals surface area (Å²) >= 11 is 0. The number of phenolic OH excluding ortho intramolecular Hbond substituents is 1. The number of carbonyl (C=O) groups is 3. The van der Waals surface area contributed by atoms with E-state index in [4.69, 9.17) is 4.74 Å². The molecule has 3 aromatic rings. The quantitative estimate of drug-likeness (QED) is 0.295. The lowest BCUT2D eigenvalue weighted by Gasteiger charge is -2.37. The summed E-state index contributed by atoms with van der Waals surface area (Å²) in [6.07, 6.45) is -0.615. The van der Waals surface area contributed by atoms with Crippen molar-refractivity contribution in [2.45, 2.75) is 78.6 Å². The molecule has 0 aliphatic rings. The molecule has 8 heteroatoms. The van der Waals surface area contributed by atoms with Crippen molar-refractivity contribution in [2.24, 2.45) is 0 Å². The van der Waals surface area contributed by atoms with Gasteiger partial charge in [-0.1, -0.05) is 60.2 Å². The van der Waals surface area contributed by atoms with Gasteiger partial charge in [0.25, 0.3) is 5.91 Å². The first-order valence-corrected chi connectivity index (χ1v) is 13.8. The predicted molar refractivity (Wildman–Crippen MR) is 161 cm³/mol. The van der Waals surface area contributed by atoms with E-state index in [1.54, 1.807) is 32.9 Å². The number of para-hydroxylation sites is 1. The molecular formula is C33H41N3O5. The summed E-state index contributed by atoms with van der Waals surface area (Å²) in [4.78, 5) is 42.8. The summed E-state index contributed by atoms with van der Waals surface area (Å²) in [5, 5.41) is 15.5. The largest absolute Gasteiger partial charge is 0.508 e. The van der Waals surface area contributed by atoms with Crippen LogP contribution in [0.5, 0.6) is 5.75 Å². The lowest BCUT2D eigenvalue weighted by molar-refractivity contribution is -0.142. The first-order chi connectivity index (χ1) is 19.2. The Hall–Kier alpha value is -4.33. The number of rotatable bonds is 9. The lowest BCUT2D eigenvalue weighted by Crippen LogP contribution is -2.55. The van der Waals surface area contributed by atoms with Gasteiger partial charge in [-0.25, -0.2) is 4.79 Å². The van der Waals surface area contributed by atoms with Crippen LogP contribution in [0.1, 0.15) is 62.9 Å². The molecule has 3 N–H and O–H groups in total. The van der Waals surface area contributed by atoms with Crippen molar-refractivity contribution >= 4 is 23.6 Å². The van der Waals surface area contributed by atoms with E-state index in [2.05, 4.69) is 10.6 Å². The van der Waals surface area contributed by atoms with E-state index in [-0.39, 0.29) is 18.1 Å². The lowest BCUT2D eigenvalue weighted by atomic mass is 9.98. The number of anilines is 1. The van der Waals surface area contributed by atoms with Crippen LogP contribution in [-0.4, -0.2) is 45.6 Å². The fourth-order valence-corrected chi connectivity index (χ4v) is 4.48. The van der Waals surface area contributed by atoms with Crippen molar-refractivity contribution in [1.82, 2.24) is 10.2 Å². The van der Waals surface area contributed by atoms with Crippen molar-refractivity contribution in [3.63, 3.8) is 0 Å². The Morgan fingerprint density at radius 1 is 0.902 bits per heavy atom. The van der Waals surface area contributed by atoms with Crippen LogP contribution in [0.4, 0.5) is 10.5 Å². The monoisotopic (exact) mass is 559 g/mol. The zero-order chi connectivity index (χ0) is 30.3. The minimum Gasteiger partial charge on any atom is -0.508 e. The Labute approximate surface area is 242 Å². The van der Waals surface area contributed by atoms with E-state index in [1.165, 1.54) is 17.0 Å². The van der Waals surface area contributed by atoms with Gasteiger partial charge in [-0.05, 0) is 83.4 Å². The second-order valence-corrected chi connectivity index (χ2v) is 11.5. The molecule has 3 aromatic carbocycles. The number of phenols is 1. The van der Waals surface area contributed by atoms with Gasteiger partial charge >= 0.3 is 6.09 Å². The third kappa shape index (κ3) is 8.83. The molecule has 0 saturated carbocycles. The van der Waals surface area contributed by atoms with E-state index in [1.807, 2.05) is 76.2 Å². The number of hydrogen-bond acceptors (Lipinski definition) is 5. The number of carbonyl (C=O) groups excluding carboxylic acids is 3. The van der Waals surface area contributed by atoms with Crippen LogP contribution in [-0.2, 0) is 20.7 Å². The molecule has 8 nitrogen and oxygen atoms in total. The highest BCUT2D eigenvalue weighted by molar-refractivity contribution is 5.99. The normalized spacial score (nSPS) is 12.8. The maximum atomic E-state index is 14.4. The average molecular weight is 560 g/mol. The van der Waals surface area contributed by atoms with Gasteiger partial charge in [0, 0.05) is 18.2 Å². The molecule has 3 rings (SSSR count). The van der Waals surface area contributed by atoms with Gasteiger partial charge in [-0.3, -0.25) is 9.59 Å². The molecule has 0 saturated heterocycles. The second kappa shape index (κ2) is 13.4. The fraction of sp³-hybridized carbons (Fsp3) is 0.364. The van der Waals surface area contributed by atoms with E-state index in [9.17, 15) is 19.5 Å². The van der Waals surface area contributed by atoms with Gasteiger partial charge in [-0.15, -0.1) is 0 Å². The Morgan fingerprint density at radius 3 is 2.07 bits per heavy atom. The molecule has 3 amide bonds. The van der Waals surface area contributed by atoms with Crippen LogP contribution in [0.15, 0.2) is 72.8 Å². The summed E-state index contributed by atoms with van der Waals surface area (Å²) in [5.41, 5.74) is 3.15. The van der Waals surface area contributed by atoms with Crippen molar-refractivity contribution in [3.05, 3.63) is 95.1 Å². The van der Waals surface area contributed by atoms with Crippen LogP contribution in [0.3, 0.4) is 0 Å². The van der Waals surface area contributed by atoms with Gasteiger partial charge in [0.15, 0.2) is 0 Å². The van der Waals surface area contributed by atoms with E-state index < -0.39 is 35.7 Å². The zero-order valence-corrected chi connectivity index (χ0v) is 24.9. The molecule has 0 fully saturated rings. The number of nitrogens with one attached hydrogen (secondary N) is 2. The molecule has 0 heterocycles. The minimum absolute atomic E-state index is 0.0906. The minimum atomic E-state index is -1.05. The van der Waals surface area contributed by atoms with Gasteiger partial charge in [0.05, 0.1) is 0 Å². The number of nitrogens with zero attached hydrogens (tertiary/aromatic N) is 1. The zero-order valence-electron chi connectivity index (χ0n) is 24.9. The molecule has 218 valence electrons. The molecule has 0 aromatic heterocycles. The Morgan fingerprint density at radius 2 is 1.51 bits per heavy atom. The maximum absolute atomic E-state index is 14.4. The van der Waals surface area contributed by atoms with Crippen LogP contribution in [0.25, 0.3) is 0 Å². The third-order valence-corrected chi connectivity index (χ3v) is 6.50. The molecule has 0 radical (unpaired) electrons. The third-order valence-electron chi connectivity index (χ3n) is 6.50. The van der Waals surface area contributed by atoms with Crippen LogP contribution in [0, 0.1) is 13.8 Å². The summed E-state index contributed by atoms with van der Waals surface area (Å²) in [7, 11) is 0. The number of alkyl carbamates (subject to hydrolysis) is 1. The van der Waals surface area contributed by atoms with Crippen molar-refractivity contribution < 1.29 is 24.2 Å². The summed E-state index contributed by atoms with van der Waals surface area (Å²) in [6.45, 7) is 12.8. The second-order valence-electron chi connectivity index (χ2n) is 11.5. The van der Waals surface area contributed by atoms with Crippen molar-refractivity contribution in [1.29, 1.82) is 0 Å². The first-order valence-electron chi connectivity index (χ1n) is 13.8. The van der Waals surface area contributed by atoms with Crippen LogP contribution in [0.2, 0.25) is 0 Å². The molecular weight excluding hydrogens is 518 g/mol. The molecule has 0 aliphatic heterocycles. The Kier molecular flexibility index (Phi) is 10.2. The molecule has 2 atom stereocenters. The van der Waals surface area contributed by atoms with Crippen molar-refractivity contribution in [2.75, 3.05) is 5.32 Å². The summed E-state index contributed by atoms with van der Waals surface area (Å²) in [6, 6.07) is 18.9. The van der Waals surface area contributed by atoms with Crippen LogP contribution >= 0.6 is 0 Å². The number of aryl methyl sites for hydroxylation is 2. The smallest absolute Gasteiger partial charge is 0.408 e. The summed E-state index contributed by atoms with van der Waals surface area (Å²) < 4.78 is 5.47. The van der Waals surface area contributed by atoms with E-state index in [0.717, 1.165) is 16.7 Å². The molecule has 0 spiro atoms. The maximum Gasteiger partial charge on any atom is 0.408 e. The Bertz CT molecular complexity index is 1340. The first kappa shape index (κ1) is 31.2. The number of ether oxygens (including phenoxy) is 1. The molecule has 41 heavy (non-hydrogen) atoms. The van der Waals surface area contributed by atoms with E-state index in [0.29, 0.717) is 11.3 Å². The highest BCUT2D eigenvalue weighted by Crippen LogP contribution is 2.28. The van der Waals surface area contributed by atoms with Gasteiger partial charge < -0.3 is 25.4 Å². The SMILES string of the molecule is Cc1ccc(C(C(=O)Nc2ccccc2C)N(C(=O)C(Cc2ccc(O)cc2)NC(=O)OC(C)(C)C)C(C)C)cc1. The fourth-order valence-electron chi connectivity index (χ4n) is 4.48. The number of amides is 3. The molecule has 0 aliphatic carbocycles. The van der Waals surface area contributed by atoms with Crippen LogP contribution < -0.4 is 10.6 Å². The van der Waals surface area contributed by atoms with Gasteiger partial charge in [-0.2, -0.15) is 0 Å². The van der Waals surface area contributed by atoms with Gasteiger partial charge in [0.2, 0.25) is 5.91 Å². The molecule has 2 unspecified atom stereocenters. The van der Waals surface area contributed by atoms with Gasteiger partial charge in [0.1, 0.15) is 23.4 Å². The Balaban J connectivity index is 2.05. The summed E-state index contributed by atoms with van der Waals surface area (Å²) in [5.74, 6) is -0.719. The molecule has 0 bridgehead atoms. The van der Waals surface area contributed by atoms with E-state index >= 15 is 0 Å². The standard InChI is InChI=1S/C33H41N3O5/c1-21(2)36(29(25-16-12-22(3)13-17-25)30(38)34-27-11-9-8-10-23(27)4)31(39)28(35-32(40)41-33(5,6)7)20-24-14-18-26(37)19-15-24/h8-19,21,28-29,37H,20H2,1-7H3,(H,34,38)(H,35,40). The topological polar surface area (TPSA) is 108 Å². The van der Waals surface area contributed by atoms with Crippen molar-refractivity contribution in [3.8, 4) is 5.75 Å². The number of benzene rings is 3. The number of hydrogen-bond donors (Lipinski definition) is 3. The predicted octanol–water partition coefficient (Wildman–Crippen LogP) is 6.06. The highest BCUT2D eigenvalue weighted by atomic mass is 16.6. The highest BCUT2D eigenvalue weighted by Gasteiger charge is 2.38. The average Bonchev–Trinajstić information content (AvgIpc) is 2.88.